The van der Waals surface area contributed by atoms with Crippen molar-refractivity contribution in [3.05, 3.63) is 82.7 Å². The molecule has 0 bridgehead atoms. The molecule has 1 aliphatic rings. The Kier molecular flexibility index (Phi) is 6.69. The predicted molar refractivity (Wildman–Crippen MR) is 140 cm³/mol. The first-order valence-corrected chi connectivity index (χ1v) is 12.6. The van der Waals surface area contributed by atoms with Crippen LogP contribution in [0.25, 0.3) is 22.2 Å². The van der Waals surface area contributed by atoms with Crippen molar-refractivity contribution in [1.82, 2.24) is 9.55 Å². The van der Waals surface area contributed by atoms with E-state index < -0.39 is 29.3 Å². The number of halogens is 2. The lowest BCUT2D eigenvalue weighted by Crippen LogP contribution is -2.28. The summed E-state index contributed by atoms with van der Waals surface area (Å²) in [5.41, 5.74) is 3.51. The number of rotatable bonds is 6. The van der Waals surface area contributed by atoms with Gasteiger partial charge in [-0.1, -0.05) is 18.2 Å². The van der Waals surface area contributed by atoms with Crippen LogP contribution in [0.4, 0.5) is 8.78 Å². The van der Waals surface area contributed by atoms with Crippen LogP contribution in [0.3, 0.4) is 0 Å². The summed E-state index contributed by atoms with van der Waals surface area (Å²) < 4.78 is 42.0. The van der Waals surface area contributed by atoms with Gasteiger partial charge in [-0.25, -0.2) is 18.6 Å². The number of nitrogens with zero attached hydrogens (tertiary/aromatic N) is 2. The molecule has 0 radical (unpaired) electrons. The number of hydrogen-bond donors (Lipinski definition) is 1. The number of carboxylic acids is 1. The highest BCUT2D eigenvalue weighted by Gasteiger charge is 2.33. The maximum absolute atomic E-state index is 14.5. The summed E-state index contributed by atoms with van der Waals surface area (Å²) >= 11 is 0. The van der Waals surface area contributed by atoms with Gasteiger partial charge in [-0.3, -0.25) is 0 Å². The Labute approximate surface area is 219 Å². The number of carbonyl (C=O) groups is 1. The number of ether oxygens (including phenoxy) is 2. The highest BCUT2D eigenvalue weighted by Crippen LogP contribution is 2.41. The largest absolute Gasteiger partial charge is 0.493 e. The van der Waals surface area contributed by atoms with Crippen molar-refractivity contribution < 1.29 is 28.2 Å². The summed E-state index contributed by atoms with van der Waals surface area (Å²) in [6, 6.07) is 11.8. The van der Waals surface area contributed by atoms with E-state index in [9.17, 15) is 18.7 Å². The van der Waals surface area contributed by atoms with Crippen LogP contribution in [0.5, 0.6) is 5.75 Å². The van der Waals surface area contributed by atoms with Gasteiger partial charge in [-0.2, -0.15) is 0 Å². The minimum Gasteiger partial charge on any atom is -0.493 e. The second kappa shape index (κ2) is 9.83. The third kappa shape index (κ3) is 4.88. The molecule has 1 N–H and O–H groups in total. The molecule has 0 amide bonds. The molecular formula is C30H30F2N2O4. The van der Waals surface area contributed by atoms with Gasteiger partial charge in [0.25, 0.3) is 0 Å². The number of aliphatic carboxylic acids is 1. The number of aromatic nitrogens is 2. The van der Waals surface area contributed by atoms with Crippen molar-refractivity contribution in [2.45, 2.75) is 58.8 Å². The van der Waals surface area contributed by atoms with Crippen LogP contribution in [-0.2, 0) is 22.5 Å². The second-order valence-corrected chi connectivity index (χ2v) is 10.6. The van der Waals surface area contributed by atoms with Crippen LogP contribution in [0.15, 0.2) is 48.7 Å². The van der Waals surface area contributed by atoms with E-state index in [1.165, 1.54) is 12.1 Å². The lowest BCUT2D eigenvalue weighted by atomic mass is 9.90. The van der Waals surface area contributed by atoms with E-state index >= 15 is 0 Å². The van der Waals surface area contributed by atoms with Gasteiger partial charge in [0.2, 0.25) is 0 Å². The lowest BCUT2D eigenvalue weighted by Gasteiger charge is -2.28. The summed E-state index contributed by atoms with van der Waals surface area (Å²) in [6.07, 6.45) is 2.25. The molecule has 4 aromatic rings. The Morgan fingerprint density at radius 1 is 1.21 bits per heavy atom. The monoisotopic (exact) mass is 520 g/mol. The molecule has 0 fully saturated rings. The van der Waals surface area contributed by atoms with Gasteiger partial charge in [0, 0.05) is 34.0 Å². The average molecular weight is 521 g/mol. The molecule has 0 aliphatic carbocycles. The smallest absolute Gasteiger partial charge is 0.337 e. The van der Waals surface area contributed by atoms with Crippen LogP contribution in [0.1, 0.15) is 55.7 Å². The maximum atomic E-state index is 14.5. The molecule has 5 rings (SSSR count). The number of pyridine rings is 1. The van der Waals surface area contributed by atoms with Crippen LogP contribution in [0, 0.1) is 18.6 Å². The number of benzene rings is 2. The van der Waals surface area contributed by atoms with E-state index in [0.29, 0.717) is 34.5 Å². The van der Waals surface area contributed by atoms with Gasteiger partial charge >= 0.3 is 5.97 Å². The highest BCUT2D eigenvalue weighted by molar-refractivity contribution is 5.98. The molecule has 3 heterocycles. The molecule has 0 saturated heterocycles. The zero-order valence-corrected chi connectivity index (χ0v) is 21.8. The van der Waals surface area contributed by atoms with Crippen molar-refractivity contribution in [3.8, 4) is 16.9 Å². The zero-order valence-electron chi connectivity index (χ0n) is 21.8. The number of fused-ring (bicyclic) bond motifs is 2. The first-order chi connectivity index (χ1) is 18.0. The summed E-state index contributed by atoms with van der Waals surface area (Å²) in [5.74, 6) is -2.11. The quantitative estimate of drug-likeness (QED) is 0.310. The maximum Gasteiger partial charge on any atom is 0.337 e. The van der Waals surface area contributed by atoms with E-state index in [1.807, 2.05) is 45.0 Å². The van der Waals surface area contributed by atoms with Gasteiger partial charge in [0.1, 0.15) is 11.4 Å². The molecular weight excluding hydrogens is 490 g/mol. The first-order valence-electron chi connectivity index (χ1n) is 12.6. The lowest BCUT2D eigenvalue weighted by molar-refractivity contribution is -0.160. The molecule has 2 aromatic heterocycles. The highest BCUT2D eigenvalue weighted by atomic mass is 19.2. The van der Waals surface area contributed by atoms with Gasteiger partial charge < -0.3 is 19.1 Å². The fourth-order valence-corrected chi connectivity index (χ4v) is 5.04. The first kappa shape index (κ1) is 25.9. The summed E-state index contributed by atoms with van der Waals surface area (Å²) in [6.45, 7) is 7.91. The second-order valence-electron chi connectivity index (χ2n) is 10.6. The third-order valence-corrected chi connectivity index (χ3v) is 6.66. The van der Waals surface area contributed by atoms with Crippen LogP contribution in [0.2, 0.25) is 0 Å². The number of hydrogen-bond acceptors (Lipinski definition) is 4. The number of carboxylic acid groups (broad SMARTS) is 1. The standard InChI is InChI=1S/C30H30F2N2O4/c1-17-24(27(29(35)36)38-30(2,3)4)25(19-10-11-23-18(15-19)8-6-14-37-23)21-12-13-34(28(21)33-17)16-20-7-5-9-22(31)26(20)32/h5,7,9-13,15,27H,6,8,14,16H2,1-4H3,(H,35,36)/t27-/m0/s1. The fourth-order valence-electron chi connectivity index (χ4n) is 5.04. The SMILES string of the molecule is Cc1nc2c(ccn2Cc2cccc(F)c2F)c(-c2ccc3c(c2)CCCO3)c1[C@H](OC(C)(C)C)C(=O)O. The van der Waals surface area contributed by atoms with Crippen molar-refractivity contribution in [1.29, 1.82) is 0 Å². The Morgan fingerprint density at radius 2 is 2.00 bits per heavy atom. The zero-order chi connectivity index (χ0) is 27.2. The normalized spacial score (nSPS) is 14.3. The molecule has 2 aromatic carbocycles. The summed E-state index contributed by atoms with van der Waals surface area (Å²) in [5, 5.41) is 10.9. The molecule has 6 nitrogen and oxygen atoms in total. The average Bonchev–Trinajstić information content (AvgIpc) is 3.25. The third-order valence-electron chi connectivity index (χ3n) is 6.66. The van der Waals surface area contributed by atoms with Gasteiger partial charge in [-0.15, -0.1) is 0 Å². The van der Waals surface area contributed by atoms with Crippen molar-refractivity contribution >= 4 is 17.0 Å². The minimum atomic E-state index is -1.27. The van der Waals surface area contributed by atoms with E-state index in [2.05, 4.69) is 0 Å². The molecule has 198 valence electrons. The molecule has 8 heteroatoms. The molecule has 0 unspecified atom stereocenters. The number of aryl methyl sites for hydroxylation is 2. The molecule has 1 atom stereocenters. The van der Waals surface area contributed by atoms with Gasteiger partial charge in [0.05, 0.1) is 18.8 Å². The predicted octanol–water partition coefficient (Wildman–Crippen LogP) is 6.60. The van der Waals surface area contributed by atoms with Gasteiger partial charge in [-0.05, 0) is 75.9 Å². The van der Waals surface area contributed by atoms with Gasteiger partial charge in [0.15, 0.2) is 17.7 Å². The summed E-state index contributed by atoms with van der Waals surface area (Å²) in [7, 11) is 0. The van der Waals surface area contributed by atoms with E-state index in [1.54, 1.807) is 17.7 Å². The fraction of sp³-hybridized carbons (Fsp3) is 0.333. The Morgan fingerprint density at radius 3 is 2.74 bits per heavy atom. The Hall–Kier alpha value is -3.78. The van der Waals surface area contributed by atoms with Crippen molar-refractivity contribution in [3.63, 3.8) is 0 Å². The van der Waals surface area contributed by atoms with E-state index in [4.69, 9.17) is 14.5 Å². The van der Waals surface area contributed by atoms with Crippen LogP contribution >= 0.6 is 0 Å². The molecule has 0 saturated carbocycles. The molecule has 1 aliphatic heterocycles. The van der Waals surface area contributed by atoms with E-state index in [-0.39, 0.29) is 12.1 Å². The van der Waals surface area contributed by atoms with E-state index in [0.717, 1.165) is 35.8 Å². The topological polar surface area (TPSA) is 73.6 Å². The Balaban J connectivity index is 1.75. The van der Waals surface area contributed by atoms with Crippen LogP contribution in [-0.4, -0.2) is 32.8 Å². The van der Waals surface area contributed by atoms with Crippen LogP contribution < -0.4 is 4.74 Å². The molecule has 38 heavy (non-hydrogen) atoms. The Bertz CT molecular complexity index is 1540. The minimum absolute atomic E-state index is 0.0667. The van der Waals surface area contributed by atoms with Crippen molar-refractivity contribution in [2.75, 3.05) is 6.61 Å². The summed E-state index contributed by atoms with van der Waals surface area (Å²) in [4.78, 5) is 17.3. The molecule has 0 spiro atoms. The van der Waals surface area contributed by atoms with Crippen molar-refractivity contribution in [2.24, 2.45) is 0 Å².